The smallest absolute Gasteiger partial charge is 0.167 e. The van der Waals surface area contributed by atoms with E-state index in [0.29, 0.717) is 6.42 Å². The van der Waals surface area contributed by atoms with E-state index >= 15 is 0 Å². The molecule has 0 aliphatic heterocycles. The van der Waals surface area contributed by atoms with Crippen molar-refractivity contribution in [2.75, 3.05) is 12.5 Å². The summed E-state index contributed by atoms with van der Waals surface area (Å²) in [6, 6.07) is 20.1. The molecule has 0 fully saturated rings. The lowest BCUT2D eigenvalue weighted by molar-refractivity contribution is 0.0993. The number of rotatable bonds is 5. The lowest BCUT2D eigenvalue weighted by Crippen LogP contribution is -2.04. The number of ketones is 1. The average molecular weight is 338 g/mol. The van der Waals surface area contributed by atoms with Gasteiger partial charge in [-0.2, -0.15) is 0 Å². The fourth-order valence-electron chi connectivity index (χ4n) is 2.82. The zero-order chi connectivity index (χ0) is 16.2. The van der Waals surface area contributed by atoms with Crippen molar-refractivity contribution in [3.05, 3.63) is 71.8 Å². The third-order valence-corrected chi connectivity index (χ3v) is 5.51. The molecular formula is C20H18OS2. The van der Waals surface area contributed by atoms with Crippen LogP contribution in [0.2, 0.25) is 0 Å². The van der Waals surface area contributed by atoms with E-state index < -0.39 is 0 Å². The van der Waals surface area contributed by atoms with Crippen molar-refractivity contribution >= 4 is 40.1 Å². The molecule has 0 atom stereocenters. The number of hydrogen-bond acceptors (Lipinski definition) is 3. The quantitative estimate of drug-likeness (QED) is 0.438. The maximum atomic E-state index is 12.6. The van der Waals surface area contributed by atoms with Crippen LogP contribution >= 0.6 is 23.5 Å². The second-order valence-corrected chi connectivity index (χ2v) is 6.97. The predicted molar refractivity (Wildman–Crippen MR) is 102 cm³/mol. The molecule has 0 unspecified atom stereocenters. The zero-order valence-electron chi connectivity index (χ0n) is 13.2. The van der Waals surface area contributed by atoms with E-state index in [0.717, 1.165) is 11.1 Å². The first-order valence-electron chi connectivity index (χ1n) is 7.45. The Balaban J connectivity index is 2.09. The summed E-state index contributed by atoms with van der Waals surface area (Å²) in [6.45, 7) is 0. The van der Waals surface area contributed by atoms with Gasteiger partial charge in [0, 0.05) is 27.2 Å². The van der Waals surface area contributed by atoms with Crippen molar-refractivity contribution in [1.82, 2.24) is 0 Å². The summed E-state index contributed by atoms with van der Waals surface area (Å²) in [5.41, 5.74) is 1.88. The van der Waals surface area contributed by atoms with Crippen LogP contribution in [0.15, 0.2) is 70.5 Å². The molecule has 0 amide bonds. The fraction of sp³-hybridized carbons (Fsp3) is 0.150. The van der Waals surface area contributed by atoms with Gasteiger partial charge >= 0.3 is 0 Å². The minimum Gasteiger partial charge on any atom is -0.294 e. The molecule has 3 aromatic carbocycles. The Kier molecular flexibility index (Phi) is 5.09. The minimum absolute atomic E-state index is 0.166. The molecule has 116 valence electrons. The van der Waals surface area contributed by atoms with E-state index in [-0.39, 0.29) is 5.78 Å². The van der Waals surface area contributed by atoms with Crippen LogP contribution in [0.5, 0.6) is 0 Å². The van der Waals surface area contributed by atoms with Gasteiger partial charge in [0.15, 0.2) is 5.78 Å². The van der Waals surface area contributed by atoms with Gasteiger partial charge in [-0.25, -0.2) is 0 Å². The lowest BCUT2D eigenvalue weighted by Gasteiger charge is -2.13. The molecule has 23 heavy (non-hydrogen) atoms. The third kappa shape index (κ3) is 3.31. The van der Waals surface area contributed by atoms with E-state index in [1.807, 2.05) is 30.3 Å². The molecule has 0 aromatic heterocycles. The predicted octanol–water partition coefficient (Wildman–Crippen LogP) is 5.71. The summed E-state index contributed by atoms with van der Waals surface area (Å²) in [5, 5.41) is 2.46. The van der Waals surface area contributed by atoms with Crippen molar-refractivity contribution in [3.8, 4) is 0 Å². The van der Waals surface area contributed by atoms with E-state index in [1.165, 1.54) is 20.6 Å². The Morgan fingerprint density at radius 2 is 1.52 bits per heavy atom. The molecule has 3 rings (SSSR count). The number of hydrogen-bond donors (Lipinski definition) is 0. The van der Waals surface area contributed by atoms with Crippen molar-refractivity contribution in [2.24, 2.45) is 0 Å². The number of fused-ring (bicyclic) bond motifs is 1. The summed E-state index contributed by atoms with van der Waals surface area (Å²) in [4.78, 5) is 15.1. The molecule has 0 N–H and O–H groups in total. The number of carbonyl (C=O) groups excluding carboxylic acids is 1. The number of Topliss-reactive ketones (excluding diaryl/α,β-unsaturated/α-hetero) is 1. The normalized spacial score (nSPS) is 10.9. The van der Waals surface area contributed by atoms with Crippen LogP contribution in [0, 0.1) is 0 Å². The highest BCUT2D eigenvalue weighted by molar-refractivity contribution is 7.99. The van der Waals surface area contributed by atoms with Gasteiger partial charge in [0.1, 0.15) is 0 Å². The SMILES string of the molecule is CSc1ccc(SC)c2c(CC(=O)c3ccccc3)cccc12. The highest BCUT2D eigenvalue weighted by Gasteiger charge is 2.13. The van der Waals surface area contributed by atoms with Gasteiger partial charge in [-0.05, 0) is 35.6 Å². The lowest BCUT2D eigenvalue weighted by atomic mass is 9.97. The molecule has 0 aliphatic carbocycles. The van der Waals surface area contributed by atoms with Crippen molar-refractivity contribution in [2.45, 2.75) is 16.2 Å². The largest absolute Gasteiger partial charge is 0.294 e. The Morgan fingerprint density at radius 1 is 0.826 bits per heavy atom. The van der Waals surface area contributed by atoms with Gasteiger partial charge in [0.2, 0.25) is 0 Å². The number of benzene rings is 3. The van der Waals surface area contributed by atoms with Gasteiger partial charge < -0.3 is 0 Å². The Labute approximate surface area is 145 Å². The van der Waals surface area contributed by atoms with Crippen molar-refractivity contribution in [1.29, 1.82) is 0 Å². The first kappa shape index (κ1) is 16.2. The molecule has 3 aromatic rings. The molecule has 0 saturated heterocycles. The van der Waals surface area contributed by atoms with Gasteiger partial charge in [-0.1, -0.05) is 48.5 Å². The molecule has 0 radical (unpaired) electrons. The van der Waals surface area contributed by atoms with E-state index in [1.54, 1.807) is 23.5 Å². The second-order valence-electron chi connectivity index (χ2n) is 5.28. The third-order valence-electron chi connectivity index (χ3n) is 3.94. The molecule has 0 bridgehead atoms. The van der Waals surface area contributed by atoms with Gasteiger partial charge in [-0.3, -0.25) is 4.79 Å². The second kappa shape index (κ2) is 7.24. The number of thioether (sulfide) groups is 2. The highest BCUT2D eigenvalue weighted by Crippen LogP contribution is 2.35. The van der Waals surface area contributed by atoms with E-state index in [9.17, 15) is 4.79 Å². The summed E-state index contributed by atoms with van der Waals surface area (Å²) in [6.07, 6.45) is 4.62. The van der Waals surface area contributed by atoms with Crippen LogP contribution in [0.1, 0.15) is 15.9 Å². The molecule has 0 saturated carbocycles. The van der Waals surface area contributed by atoms with Crippen LogP contribution in [-0.4, -0.2) is 18.3 Å². The van der Waals surface area contributed by atoms with Crippen LogP contribution in [0.25, 0.3) is 10.8 Å². The number of carbonyl (C=O) groups is 1. The molecule has 0 spiro atoms. The summed E-state index contributed by atoms with van der Waals surface area (Å²) in [5.74, 6) is 0.166. The van der Waals surface area contributed by atoms with Crippen LogP contribution in [-0.2, 0) is 6.42 Å². The monoisotopic (exact) mass is 338 g/mol. The Bertz CT molecular complexity index is 841. The molecule has 3 heteroatoms. The molecule has 0 aliphatic rings. The van der Waals surface area contributed by atoms with Gasteiger partial charge in [-0.15, -0.1) is 23.5 Å². The van der Waals surface area contributed by atoms with Crippen LogP contribution in [0.4, 0.5) is 0 Å². The summed E-state index contributed by atoms with van der Waals surface area (Å²) < 4.78 is 0. The molecule has 1 nitrogen and oxygen atoms in total. The van der Waals surface area contributed by atoms with Gasteiger partial charge in [0.05, 0.1) is 0 Å². The Hall–Kier alpha value is -1.71. The summed E-state index contributed by atoms with van der Waals surface area (Å²) in [7, 11) is 0. The zero-order valence-corrected chi connectivity index (χ0v) is 14.8. The first-order chi connectivity index (χ1) is 11.2. The van der Waals surface area contributed by atoms with Crippen LogP contribution < -0.4 is 0 Å². The fourth-order valence-corrected chi connectivity index (χ4v) is 4.06. The highest BCUT2D eigenvalue weighted by atomic mass is 32.2. The maximum Gasteiger partial charge on any atom is 0.167 e. The Morgan fingerprint density at radius 3 is 2.22 bits per heavy atom. The van der Waals surface area contributed by atoms with Gasteiger partial charge in [0.25, 0.3) is 0 Å². The van der Waals surface area contributed by atoms with Crippen LogP contribution in [0.3, 0.4) is 0 Å². The van der Waals surface area contributed by atoms with Crippen molar-refractivity contribution in [3.63, 3.8) is 0 Å². The van der Waals surface area contributed by atoms with E-state index in [2.05, 4.69) is 42.8 Å². The summed E-state index contributed by atoms with van der Waals surface area (Å²) >= 11 is 3.48. The first-order valence-corrected chi connectivity index (χ1v) is 9.90. The van der Waals surface area contributed by atoms with Crippen molar-refractivity contribution < 1.29 is 4.79 Å². The topological polar surface area (TPSA) is 17.1 Å². The molecular weight excluding hydrogens is 320 g/mol. The maximum absolute atomic E-state index is 12.6. The molecule has 0 heterocycles. The average Bonchev–Trinajstić information content (AvgIpc) is 2.61. The standard InChI is InChI=1S/C20H18OS2/c1-22-18-11-12-19(23-2)20-15(9-6-10-16(18)20)13-17(21)14-7-4-3-5-8-14/h3-12H,13H2,1-2H3. The van der Waals surface area contributed by atoms with E-state index in [4.69, 9.17) is 0 Å². The minimum atomic E-state index is 0.166.